The van der Waals surface area contributed by atoms with Crippen LogP contribution in [0.1, 0.15) is 40.7 Å². The van der Waals surface area contributed by atoms with Gasteiger partial charge in [-0.15, -0.1) is 0 Å². The van der Waals surface area contributed by atoms with Crippen molar-refractivity contribution in [2.24, 2.45) is 0 Å². The third kappa shape index (κ3) is 3.39. The summed E-state index contributed by atoms with van der Waals surface area (Å²) in [6, 6.07) is 9.49. The van der Waals surface area contributed by atoms with E-state index < -0.39 is 0 Å². The van der Waals surface area contributed by atoms with Gasteiger partial charge in [-0.05, 0) is 54.7 Å². The molecule has 1 aromatic carbocycles. The molecular weight excluding hydrogens is 276 g/mol. The van der Waals surface area contributed by atoms with Crippen LogP contribution in [0.15, 0.2) is 42.7 Å². The lowest BCUT2D eigenvalue weighted by atomic mass is 9.97. The largest absolute Gasteiger partial charge is 0.326 e. The van der Waals surface area contributed by atoms with Crippen LogP contribution in [0, 0.1) is 0 Å². The highest BCUT2D eigenvalue weighted by Gasteiger charge is 2.16. The van der Waals surface area contributed by atoms with Gasteiger partial charge in [0, 0.05) is 36.5 Å². The number of anilines is 1. The van der Waals surface area contributed by atoms with E-state index >= 15 is 0 Å². The lowest BCUT2D eigenvalue weighted by Gasteiger charge is -2.17. The number of carbonyl (C=O) groups is 2. The highest BCUT2D eigenvalue weighted by Crippen LogP contribution is 2.24. The zero-order valence-corrected chi connectivity index (χ0v) is 12.3. The zero-order chi connectivity index (χ0) is 15.4. The van der Waals surface area contributed by atoms with E-state index in [0.29, 0.717) is 19.3 Å². The molecular formula is C18H18N2O2. The van der Waals surface area contributed by atoms with Crippen LogP contribution in [0.2, 0.25) is 0 Å². The molecule has 1 aliphatic heterocycles. The number of carbonyl (C=O) groups excluding carboxylic acids is 2. The number of hydrogen-bond donors (Lipinski definition) is 1. The Morgan fingerprint density at radius 1 is 1.23 bits per heavy atom. The number of ketones is 1. The second-order valence-electron chi connectivity index (χ2n) is 5.56. The van der Waals surface area contributed by atoms with Gasteiger partial charge >= 0.3 is 0 Å². The number of rotatable bonds is 5. The number of pyridine rings is 1. The van der Waals surface area contributed by atoms with E-state index in [1.54, 1.807) is 12.3 Å². The first-order chi connectivity index (χ1) is 10.7. The summed E-state index contributed by atoms with van der Waals surface area (Å²) >= 11 is 0. The first-order valence-corrected chi connectivity index (χ1v) is 7.57. The molecule has 22 heavy (non-hydrogen) atoms. The second-order valence-corrected chi connectivity index (χ2v) is 5.56. The number of aromatic nitrogens is 1. The number of nitrogens with one attached hydrogen (secondary N) is 1. The number of hydrogen-bond acceptors (Lipinski definition) is 3. The maximum atomic E-state index is 12.3. The van der Waals surface area contributed by atoms with Crippen LogP contribution in [0.5, 0.6) is 0 Å². The maximum absolute atomic E-state index is 12.3. The molecule has 0 saturated heterocycles. The van der Waals surface area contributed by atoms with Gasteiger partial charge in [0.1, 0.15) is 0 Å². The summed E-state index contributed by atoms with van der Waals surface area (Å²) in [6.45, 7) is 0. The lowest BCUT2D eigenvalue weighted by molar-refractivity contribution is -0.116. The van der Waals surface area contributed by atoms with Gasteiger partial charge in [0.2, 0.25) is 5.91 Å². The molecule has 112 valence electrons. The molecule has 4 nitrogen and oxygen atoms in total. The summed E-state index contributed by atoms with van der Waals surface area (Å²) in [5.74, 6) is 0.201. The van der Waals surface area contributed by atoms with Gasteiger partial charge in [-0.2, -0.15) is 0 Å². The molecule has 1 aromatic heterocycles. The molecule has 1 amide bonds. The van der Waals surface area contributed by atoms with Crippen LogP contribution in [0.25, 0.3) is 0 Å². The topological polar surface area (TPSA) is 59.1 Å². The molecule has 1 aliphatic rings. The number of amides is 1. The van der Waals surface area contributed by atoms with Crippen molar-refractivity contribution < 1.29 is 9.59 Å². The third-order valence-corrected chi connectivity index (χ3v) is 3.91. The first kappa shape index (κ1) is 14.4. The fourth-order valence-electron chi connectivity index (χ4n) is 2.70. The summed E-state index contributed by atoms with van der Waals surface area (Å²) in [4.78, 5) is 27.7. The summed E-state index contributed by atoms with van der Waals surface area (Å²) in [5, 5.41) is 2.83. The summed E-state index contributed by atoms with van der Waals surface area (Å²) < 4.78 is 0. The Bertz CT molecular complexity index is 695. The van der Waals surface area contributed by atoms with E-state index in [2.05, 4.69) is 10.3 Å². The average molecular weight is 294 g/mol. The van der Waals surface area contributed by atoms with Crippen LogP contribution in [-0.4, -0.2) is 16.7 Å². The van der Waals surface area contributed by atoms with Crippen LogP contribution in [-0.2, 0) is 17.6 Å². The van der Waals surface area contributed by atoms with E-state index in [0.717, 1.165) is 35.2 Å². The molecule has 0 radical (unpaired) electrons. The fraction of sp³-hybridized carbons (Fsp3) is 0.278. The van der Waals surface area contributed by atoms with Crippen molar-refractivity contribution >= 4 is 17.4 Å². The van der Waals surface area contributed by atoms with Gasteiger partial charge in [-0.25, -0.2) is 0 Å². The van der Waals surface area contributed by atoms with Crippen LogP contribution in [0.3, 0.4) is 0 Å². The Kier molecular flexibility index (Phi) is 4.28. The van der Waals surface area contributed by atoms with Crippen molar-refractivity contribution in [1.82, 2.24) is 4.98 Å². The predicted octanol–water partition coefficient (Wildman–Crippen LogP) is 3.17. The summed E-state index contributed by atoms with van der Waals surface area (Å²) in [7, 11) is 0. The van der Waals surface area contributed by atoms with E-state index in [9.17, 15) is 9.59 Å². The van der Waals surface area contributed by atoms with Gasteiger partial charge in [-0.3, -0.25) is 14.6 Å². The van der Waals surface area contributed by atoms with Crippen molar-refractivity contribution in [3.8, 4) is 0 Å². The van der Waals surface area contributed by atoms with Crippen LogP contribution in [0.4, 0.5) is 5.69 Å². The normalized spacial score (nSPS) is 13.4. The summed E-state index contributed by atoms with van der Waals surface area (Å²) in [6.07, 6.45) is 7.00. The van der Waals surface area contributed by atoms with Gasteiger partial charge in [0.15, 0.2) is 5.78 Å². The molecule has 0 fully saturated rings. The Morgan fingerprint density at radius 3 is 2.95 bits per heavy atom. The lowest BCUT2D eigenvalue weighted by Crippen LogP contribution is -2.19. The molecule has 0 bridgehead atoms. The molecule has 2 aromatic rings. The van der Waals surface area contributed by atoms with Crippen molar-refractivity contribution in [3.05, 3.63) is 59.4 Å². The van der Waals surface area contributed by atoms with E-state index in [4.69, 9.17) is 0 Å². The Morgan fingerprint density at radius 2 is 2.14 bits per heavy atom. The maximum Gasteiger partial charge on any atom is 0.224 e. The molecule has 2 heterocycles. The van der Waals surface area contributed by atoms with E-state index in [1.807, 2.05) is 30.5 Å². The highest BCUT2D eigenvalue weighted by atomic mass is 16.1. The van der Waals surface area contributed by atoms with Crippen molar-refractivity contribution in [1.29, 1.82) is 0 Å². The number of Topliss-reactive ketones (excluding diaryl/α,β-unsaturated/α-hetero) is 1. The standard InChI is InChI=1S/C18H18N2O2/c21-17(5-1-3-13-4-2-10-19-12-13)15-6-8-16-14(11-15)7-9-18(22)20-16/h2,4,6,8,10-12H,1,3,5,7,9H2,(H,20,22). The van der Waals surface area contributed by atoms with Gasteiger partial charge in [0.25, 0.3) is 0 Å². The first-order valence-electron chi connectivity index (χ1n) is 7.57. The Hall–Kier alpha value is -2.49. The SMILES string of the molecule is O=C1CCc2cc(C(=O)CCCc3cccnc3)ccc2N1. The smallest absolute Gasteiger partial charge is 0.224 e. The fourth-order valence-corrected chi connectivity index (χ4v) is 2.70. The zero-order valence-electron chi connectivity index (χ0n) is 12.3. The second kappa shape index (κ2) is 6.52. The minimum Gasteiger partial charge on any atom is -0.326 e. The molecule has 0 spiro atoms. The molecule has 4 heteroatoms. The number of benzene rings is 1. The van der Waals surface area contributed by atoms with E-state index in [1.165, 1.54) is 0 Å². The number of aryl methyl sites for hydroxylation is 2. The van der Waals surface area contributed by atoms with Crippen molar-refractivity contribution in [3.63, 3.8) is 0 Å². The molecule has 1 N–H and O–H groups in total. The van der Waals surface area contributed by atoms with Crippen LogP contribution >= 0.6 is 0 Å². The molecule has 0 aliphatic carbocycles. The van der Waals surface area contributed by atoms with Gasteiger partial charge in [0.05, 0.1) is 0 Å². The predicted molar refractivity (Wildman–Crippen MR) is 84.9 cm³/mol. The number of fused-ring (bicyclic) bond motifs is 1. The van der Waals surface area contributed by atoms with Gasteiger partial charge < -0.3 is 5.32 Å². The average Bonchev–Trinajstić information content (AvgIpc) is 2.55. The van der Waals surface area contributed by atoms with E-state index in [-0.39, 0.29) is 11.7 Å². The Balaban J connectivity index is 1.59. The molecule has 3 rings (SSSR count). The number of nitrogens with zero attached hydrogens (tertiary/aromatic N) is 1. The Labute approximate surface area is 129 Å². The van der Waals surface area contributed by atoms with Crippen LogP contribution < -0.4 is 5.32 Å². The van der Waals surface area contributed by atoms with Crippen molar-refractivity contribution in [2.75, 3.05) is 5.32 Å². The monoisotopic (exact) mass is 294 g/mol. The minimum atomic E-state index is 0.0445. The van der Waals surface area contributed by atoms with Crippen molar-refractivity contribution in [2.45, 2.75) is 32.1 Å². The third-order valence-electron chi connectivity index (χ3n) is 3.91. The molecule has 0 unspecified atom stereocenters. The molecule has 0 saturated carbocycles. The summed E-state index contributed by atoms with van der Waals surface area (Å²) in [5.41, 5.74) is 3.78. The van der Waals surface area contributed by atoms with Gasteiger partial charge in [-0.1, -0.05) is 6.07 Å². The molecule has 0 atom stereocenters. The highest BCUT2D eigenvalue weighted by molar-refractivity contribution is 5.98. The quantitative estimate of drug-likeness (QED) is 0.862. The minimum absolute atomic E-state index is 0.0445.